The zero-order valence-electron chi connectivity index (χ0n) is 15.7. The lowest BCUT2D eigenvalue weighted by molar-refractivity contribution is 0.0509. The second-order valence-corrected chi connectivity index (χ2v) is 5.83. The van der Waals surface area contributed by atoms with E-state index in [1.54, 1.807) is 38.5 Å². The quantitative estimate of drug-likeness (QED) is 0.372. The molecule has 6 heteroatoms. The van der Waals surface area contributed by atoms with Crippen LogP contribution in [0.15, 0.2) is 42.5 Å². The fourth-order valence-corrected chi connectivity index (χ4v) is 2.48. The molecule has 144 valence electrons. The van der Waals surface area contributed by atoms with Gasteiger partial charge in [0, 0.05) is 38.3 Å². The number of hydrogen-bond acceptors (Lipinski definition) is 6. The summed E-state index contributed by atoms with van der Waals surface area (Å²) in [4.78, 5) is 12.1. The van der Waals surface area contributed by atoms with Gasteiger partial charge in [0.15, 0.2) is 0 Å². The molecule has 0 saturated heterocycles. The summed E-state index contributed by atoms with van der Waals surface area (Å²) in [5.41, 5.74) is 2.15. The number of hydrogen-bond donors (Lipinski definition) is 1. The van der Waals surface area contributed by atoms with Gasteiger partial charge in [-0.15, -0.1) is 0 Å². The van der Waals surface area contributed by atoms with Crippen molar-refractivity contribution in [3.05, 3.63) is 59.2 Å². The Labute approximate surface area is 159 Å². The fraction of sp³-hybridized carbons (Fsp3) is 0.333. The van der Waals surface area contributed by atoms with E-state index in [1.807, 2.05) is 18.2 Å². The Bertz CT molecular complexity index is 743. The van der Waals surface area contributed by atoms with Gasteiger partial charge in [-0.25, -0.2) is 4.79 Å². The normalized spacial score (nSPS) is 10.3. The highest BCUT2D eigenvalue weighted by Crippen LogP contribution is 2.18. The molecule has 0 aromatic heterocycles. The van der Waals surface area contributed by atoms with Gasteiger partial charge in [-0.3, -0.25) is 0 Å². The molecule has 0 amide bonds. The van der Waals surface area contributed by atoms with Gasteiger partial charge >= 0.3 is 5.97 Å². The number of ether oxygens (including phenoxy) is 4. The van der Waals surface area contributed by atoms with Crippen molar-refractivity contribution in [3.8, 4) is 11.5 Å². The summed E-state index contributed by atoms with van der Waals surface area (Å²) in [6.07, 6.45) is 2.62. The highest BCUT2D eigenvalue weighted by Gasteiger charge is 2.08. The first kappa shape index (κ1) is 20.5. The maximum absolute atomic E-state index is 12.1. The van der Waals surface area contributed by atoms with Crippen molar-refractivity contribution in [2.75, 3.05) is 34.0 Å². The van der Waals surface area contributed by atoms with E-state index >= 15 is 0 Å². The fourth-order valence-electron chi connectivity index (χ4n) is 2.48. The summed E-state index contributed by atoms with van der Waals surface area (Å²) in [6.45, 7) is 1.48. The molecule has 0 aliphatic carbocycles. The van der Waals surface area contributed by atoms with Crippen LogP contribution in [-0.4, -0.2) is 46.2 Å². The van der Waals surface area contributed by atoms with Gasteiger partial charge in [0.2, 0.25) is 0 Å². The Morgan fingerprint density at radius 1 is 1.04 bits per heavy atom. The van der Waals surface area contributed by atoms with Crippen LogP contribution in [0.25, 0.3) is 0 Å². The largest absolute Gasteiger partial charge is 0.496 e. The van der Waals surface area contributed by atoms with Crippen LogP contribution < -0.4 is 9.47 Å². The molecule has 0 unspecified atom stereocenters. The highest BCUT2D eigenvalue weighted by molar-refractivity contribution is 5.89. The minimum atomic E-state index is -0.373. The van der Waals surface area contributed by atoms with Crippen molar-refractivity contribution in [3.63, 3.8) is 0 Å². The van der Waals surface area contributed by atoms with E-state index < -0.39 is 0 Å². The molecule has 2 aromatic carbocycles. The van der Waals surface area contributed by atoms with Gasteiger partial charge in [-0.05, 0) is 42.0 Å². The van der Waals surface area contributed by atoms with E-state index in [4.69, 9.17) is 24.4 Å². The number of esters is 1. The molecule has 0 aliphatic heterocycles. The van der Waals surface area contributed by atoms with Crippen LogP contribution in [0.5, 0.6) is 11.5 Å². The van der Waals surface area contributed by atoms with Gasteiger partial charge in [0.05, 0.1) is 25.9 Å². The van der Waals surface area contributed by atoms with E-state index in [-0.39, 0.29) is 12.6 Å². The zero-order chi connectivity index (χ0) is 19.5. The van der Waals surface area contributed by atoms with Crippen molar-refractivity contribution in [2.24, 2.45) is 0 Å². The van der Waals surface area contributed by atoms with Crippen LogP contribution in [0.4, 0.5) is 0 Å². The molecule has 0 spiro atoms. The maximum atomic E-state index is 12.1. The van der Waals surface area contributed by atoms with Gasteiger partial charge in [0.1, 0.15) is 11.5 Å². The Morgan fingerprint density at radius 3 is 2.48 bits per heavy atom. The average Bonchev–Trinajstić information content (AvgIpc) is 2.71. The summed E-state index contributed by atoms with van der Waals surface area (Å²) in [5.74, 6) is 0.983. The number of benzene rings is 2. The molecule has 27 heavy (non-hydrogen) atoms. The van der Waals surface area contributed by atoms with Crippen LogP contribution in [0, 0.1) is 5.41 Å². The van der Waals surface area contributed by atoms with Crippen molar-refractivity contribution in [1.82, 2.24) is 0 Å². The van der Waals surface area contributed by atoms with Crippen molar-refractivity contribution >= 4 is 12.2 Å². The standard InChI is InChI=1S/C21H25NO5/c1-24-11-3-12-26-19-7-5-17(6-8-19)21(23)27-13-10-16-4-9-20(25-2)18(14-16)15-22/h4-9,14-15,22H,3,10-13H2,1-2H3. The SMILES string of the molecule is COCCCOc1ccc(C(=O)OCCc2ccc(OC)c(C=N)c2)cc1. The van der Waals surface area contributed by atoms with Gasteiger partial charge in [-0.1, -0.05) is 6.07 Å². The predicted octanol–water partition coefficient (Wildman–Crippen LogP) is 3.51. The number of carbonyl (C=O) groups excluding carboxylic acids is 1. The first-order valence-electron chi connectivity index (χ1n) is 8.74. The minimum Gasteiger partial charge on any atom is -0.496 e. The lowest BCUT2D eigenvalue weighted by Crippen LogP contribution is -2.08. The summed E-state index contributed by atoms with van der Waals surface area (Å²) in [5, 5.41) is 7.42. The van der Waals surface area contributed by atoms with Crippen LogP contribution in [-0.2, 0) is 15.9 Å². The average molecular weight is 371 g/mol. The molecule has 0 heterocycles. The number of rotatable bonds is 11. The van der Waals surface area contributed by atoms with E-state index in [0.29, 0.717) is 42.3 Å². The smallest absolute Gasteiger partial charge is 0.338 e. The number of methoxy groups -OCH3 is 2. The Hall–Kier alpha value is -2.86. The summed E-state index contributed by atoms with van der Waals surface area (Å²) in [7, 11) is 3.22. The Kier molecular flexibility index (Phi) is 8.32. The third kappa shape index (κ3) is 6.42. The number of carbonyl (C=O) groups is 1. The molecule has 0 atom stereocenters. The van der Waals surface area contributed by atoms with Gasteiger partial charge in [-0.2, -0.15) is 0 Å². The highest BCUT2D eigenvalue weighted by atomic mass is 16.5. The molecule has 0 bridgehead atoms. The molecule has 2 aromatic rings. The van der Waals surface area contributed by atoms with Crippen molar-refractivity contribution in [1.29, 1.82) is 5.41 Å². The Balaban J connectivity index is 1.81. The second-order valence-electron chi connectivity index (χ2n) is 5.83. The summed E-state index contributed by atoms with van der Waals surface area (Å²) in [6, 6.07) is 12.4. The molecular formula is C21H25NO5. The molecule has 6 nitrogen and oxygen atoms in total. The summed E-state index contributed by atoms with van der Waals surface area (Å²) < 4.78 is 21.0. The third-order valence-electron chi connectivity index (χ3n) is 3.93. The van der Waals surface area contributed by atoms with Crippen LogP contribution in [0.3, 0.4) is 0 Å². The van der Waals surface area contributed by atoms with Crippen molar-refractivity contribution in [2.45, 2.75) is 12.8 Å². The topological polar surface area (TPSA) is 77.8 Å². The van der Waals surface area contributed by atoms with E-state index in [9.17, 15) is 4.79 Å². The van der Waals surface area contributed by atoms with Crippen LogP contribution in [0.2, 0.25) is 0 Å². The third-order valence-corrected chi connectivity index (χ3v) is 3.93. The summed E-state index contributed by atoms with van der Waals surface area (Å²) >= 11 is 0. The van der Waals surface area contributed by atoms with E-state index in [0.717, 1.165) is 12.0 Å². The van der Waals surface area contributed by atoms with Crippen molar-refractivity contribution < 1.29 is 23.7 Å². The molecule has 0 fully saturated rings. The molecule has 0 saturated carbocycles. The monoisotopic (exact) mass is 371 g/mol. The Morgan fingerprint density at radius 2 is 1.81 bits per heavy atom. The lowest BCUT2D eigenvalue weighted by atomic mass is 10.1. The van der Waals surface area contributed by atoms with Crippen LogP contribution >= 0.6 is 0 Å². The van der Waals surface area contributed by atoms with E-state index in [2.05, 4.69) is 0 Å². The molecule has 0 aliphatic rings. The number of nitrogens with one attached hydrogen (secondary N) is 1. The molecule has 0 radical (unpaired) electrons. The first-order valence-corrected chi connectivity index (χ1v) is 8.74. The van der Waals surface area contributed by atoms with Gasteiger partial charge in [0.25, 0.3) is 0 Å². The molecule has 1 N–H and O–H groups in total. The second kappa shape index (κ2) is 11.0. The van der Waals surface area contributed by atoms with Gasteiger partial charge < -0.3 is 24.4 Å². The first-order chi connectivity index (χ1) is 13.2. The predicted molar refractivity (Wildman–Crippen MR) is 103 cm³/mol. The molecule has 2 rings (SSSR count). The lowest BCUT2D eigenvalue weighted by Gasteiger charge is -2.09. The zero-order valence-corrected chi connectivity index (χ0v) is 15.7. The minimum absolute atomic E-state index is 0.262. The van der Waals surface area contributed by atoms with E-state index in [1.165, 1.54) is 6.21 Å². The maximum Gasteiger partial charge on any atom is 0.338 e. The molecular weight excluding hydrogens is 346 g/mol. The van der Waals surface area contributed by atoms with Crippen LogP contribution in [0.1, 0.15) is 27.9 Å².